The summed E-state index contributed by atoms with van der Waals surface area (Å²) in [6.07, 6.45) is 51.5. The third-order valence-electron chi connectivity index (χ3n) is 10.4. The van der Waals surface area contributed by atoms with Crippen LogP contribution in [0.15, 0.2) is 36.5 Å². The smallest absolute Gasteiger partial charge is 0.306 e. The van der Waals surface area contributed by atoms with Crippen LogP contribution in [-0.2, 0) is 28.6 Å². The quantitative estimate of drug-likeness (QED) is 0.0265. The molecule has 0 bridgehead atoms. The van der Waals surface area contributed by atoms with Gasteiger partial charge in [0.25, 0.3) is 0 Å². The second kappa shape index (κ2) is 45.3. The molecule has 0 aliphatic rings. The zero-order valence-electron chi connectivity index (χ0n) is 37.2. The molecule has 56 heavy (non-hydrogen) atoms. The minimum absolute atomic E-state index is 0.0887. The van der Waals surface area contributed by atoms with E-state index in [0.717, 1.165) is 64.2 Å². The van der Waals surface area contributed by atoms with Crippen molar-refractivity contribution in [3.05, 3.63) is 36.5 Å². The number of ether oxygens (including phenoxy) is 3. The average molecular weight is 787 g/mol. The van der Waals surface area contributed by atoms with Gasteiger partial charge in [-0.2, -0.15) is 0 Å². The maximum absolute atomic E-state index is 12.7. The highest BCUT2D eigenvalue weighted by atomic mass is 16.6. The molecule has 1 atom stereocenters. The van der Waals surface area contributed by atoms with E-state index in [1.165, 1.54) is 135 Å². The number of hydrogen-bond acceptors (Lipinski definition) is 6. The Morgan fingerprint density at radius 1 is 0.375 bits per heavy atom. The molecule has 0 aliphatic heterocycles. The summed E-state index contributed by atoms with van der Waals surface area (Å²) < 4.78 is 16.7. The van der Waals surface area contributed by atoms with Gasteiger partial charge in [-0.05, 0) is 44.9 Å². The second-order valence-corrected chi connectivity index (χ2v) is 16.0. The molecule has 0 spiro atoms. The van der Waals surface area contributed by atoms with Gasteiger partial charge in [0.15, 0.2) is 6.10 Å². The lowest BCUT2D eigenvalue weighted by Crippen LogP contribution is -2.30. The van der Waals surface area contributed by atoms with E-state index in [9.17, 15) is 14.4 Å². The molecule has 0 heterocycles. The van der Waals surface area contributed by atoms with Crippen molar-refractivity contribution < 1.29 is 28.6 Å². The maximum Gasteiger partial charge on any atom is 0.306 e. The third-order valence-corrected chi connectivity index (χ3v) is 10.4. The van der Waals surface area contributed by atoms with Crippen molar-refractivity contribution in [1.29, 1.82) is 0 Å². The SMILES string of the molecule is CC/C=C\C/C=C\C/C=C\CCCC(=O)OC(COC(=O)CCCCCCCCCCC)COC(=O)CCCCCCCCCCCCCCCCCCCC. The molecule has 0 amide bonds. The third kappa shape index (κ3) is 42.8. The van der Waals surface area contributed by atoms with Gasteiger partial charge >= 0.3 is 17.9 Å². The Morgan fingerprint density at radius 2 is 0.696 bits per heavy atom. The standard InChI is InChI=1S/C50H90O6/c1-4-7-10-13-16-19-21-22-23-24-25-26-27-29-31-34-37-40-43-49(52)55-46-47(45-54-48(51)42-39-36-33-30-18-15-12-9-6-3)56-50(53)44-41-38-35-32-28-20-17-14-11-8-5-2/h8,11,17,20,32,35,47H,4-7,9-10,12-16,18-19,21-31,33-34,36-46H2,1-3H3/b11-8-,20-17-,35-32-. The summed E-state index contributed by atoms with van der Waals surface area (Å²) in [4.78, 5) is 37.7. The van der Waals surface area contributed by atoms with Crippen LogP contribution < -0.4 is 0 Å². The first-order chi connectivity index (χ1) is 27.5. The molecule has 0 N–H and O–H groups in total. The summed E-state index contributed by atoms with van der Waals surface area (Å²) in [6, 6.07) is 0. The maximum atomic E-state index is 12.7. The number of carbonyl (C=O) groups is 3. The van der Waals surface area contributed by atoms with Gasteiger partial charge in [-0.3, -0.25) is 14.4 Å². The van der Waals surface area contributed by atoms with Crippen LogP contribution in [0.4, 0.5) is 0 Å². The molecule has 0 radical (unpaired) electrons. The number of hydrogen-bond donors (Lipinski definition) is 0. The Bertz CT molecular complexity index is 953. The van der Waals surface area contributed by atoms with E-state index in [2.05, 4.69) is 57.2 Å². The first-order valence-corrected chi connectivity index (χ1v) is 24.0. The lowest BCUT2D eigenvalue weighted by Gasteiger charge is -2.18. The average Bonchev–Trinajstić information content (AvgIpc) is 3.19. The summed E-state index contributed by atoms with van der Waals surface area (Å²) in [5, 5.41) is 0. The van der Waals surface area contributed by atoms with Crippen LogP contribution in [0.1, 0.15) is 245 Å². The van der Waals surface area contributed by atoms with Crippen molar-refractivity contribution in [2.24, 2.45) is 0 Å². The number of carbonyl (C=O) groups excluding carboxylic acids is 3. The van der Waals surface area contributed by atoms with E-state index in [1.54, 1.807) is 0 Å². The largest absolute Gasteiger partial charge is 0.462 e. The fourth-order valence-electron chi connectivity index (χ4n) is 6.82. The van der Waals surface area contributed by atoms with E-state index < -0.39 is 6.10 Å². The molecule has 6 nitrogen and oxygen atoms in total. The van der Waals surface area contributed by atoms with E-state index >= 15 is 0 Å². The van der Waals surface area contributed by atoms with E-state index in [4.69, 9.17) is 14.2 Å². The predicted molar refractivity (Wildman–Crippen MR) is 238 cm³/mol. The molecule has 0 fully saturated rings. The molecule has 0 aliphatic carbocycles. The summed E-state index contributed by atoms with van der Waals surface area (Å²) in [5.41, 5.74) is 0. The molecule has 6 heteroatoms. The molecular formula is C50H90O6. The number of esters is 3. The van der Waals surface area contributed by atoms with Gasteiger partial charge in [0, 0.05) is 19.3 Å². The fraction of sp³-hybridized carbons (Fsp3) is 0.820. The molecule has 0 aromatic carbocycles. The van der Waals surface area contributed by atoms with Crippen LogP contribution in [0.5, 0.6) is 0 Å². The highest BCUT2D eigenvalue weighted by Gasteiger charge is 2.19. The van der Waals surface area contributed by atoms with Gasteiger partial charge in [0.05, 0.1) is 0 Å². The van der Waals surface area contributed by atoms with Crippen LogP contribution >= 0.6 is 0 Å². The molecule has 1 unspecified atom stereocenters. The molecule has 0 saturated heterocycles. The van der Waals surface area contributed by atoms with E-state index in [1.807, 2.05) is 0 Å². The summed E-state index contributed by atoms with van der Waals surface area (Å²) in [5.74, 6) is -0.940. The minimum Gasteiger partial charge on any atom is -0.462 e. The van der Waals surface area contributed by atoms with Crippen LogP contribution in [0.3, 0.4) is 0 Å². The monoisotopic (exact) mass is 787 g/mol. The number of unbranched alkanes of at least 4 members (excludes halogenated alkanes) is 26. The molecule has 0 saturated carbocycles. The van der Waals surface area contributed by atoms with Crippen molar-refractivity contribution in [3.63, 3.8) is 0 Å². The van der Waals surface area contributed by atoms with Gasteiger partial charge in [0.2, 0.25) is 0 Å². The highest BCUT2D eigenvalue weighted by Crippen LogP contribution is 2.16. The van der Waals surface area contributed by atoms with Crippen LogP contribution in [-0.4, -0.2) is 37.2 Å². The van der Waals surface area contributed by atoms with Crippen molar-refractivity contribution in [2.45, 2.75) is 252 Å². The van der Waals surface area contributed by atoms with Crippen LogP contribution in [0, 0.1) is 0 Å². The Hall–Kier alpha value is -2.37. The molecule has 0 rings (SSSR count). The number of allylic oxidation sites excluding steroid dienone is 6. The minimum atomic E-state index is -0.790. The Morgan fingerprint density at radius 3 is 1.07 bits per heavy atom. The molecule has 0 aromatic rings. The van der Waals surface area contributed by atoms with E-state index in [0.29, 0.717) is 19.3 Å². The molecule has 0 aromatic heterocycles. The highest BCUT2D eigenvalue weighted by molar-refractivity contribution is 5.71. The Labute approximate surface area is 346 Å². The fourth-order valence-corrected chi connectivity index (χ4v) is 6.82. The first-order valence-electron chi connectivity index (χ1n) is 24.0. The van der Waals surface area contributed by atoms with Gasteiger partial charge < -0.3 is 14.2 Å². The summed E-state index contributed by atoms with van der Waals surface area (Å²) in [7, 11) is 0. The summed E-state index contributed by atoms with van der Waals surface area (Å²) in [6.45, 7) is 6.47. The number of rotatable bonds is 43. The topological polar surface area (TPSA) is 78.9 Å². The zero-order valence-corrected chi connectivity index (χ0v) is 37.2. The lowest BCUT2D eigenvalue weighted by atomic mass is 10.0. The van der Waals surface area contributed by atoms with Crippen LogP contribution in [0.25, 0.3) is 0 Å². The second-order valence-electron chi connectivity index (χ2n) is 16.0. The van der Waals surface area contributed by atoms with Gasteiger partial charge in [0.1, 0.15) is 13.2 Å². The van der Waals surface area contributed by atoms with Gasteiger partial charge in [-0.1, -0.05) is 218 Å². The zero-order chi connectivity index (χ0) is 40.8. The van der Waals surface area contributed by atoms with Crippen LogP contribution in [0.2, 0.25) is 0 Å². The van der Waals surface area contributed by atoms with Crippen molar-refractivity contribution in [2.75, 3.05) is 13.2 Å². The van der Waals surface area contributed by atoms with Gasteiger partial charge in [-0.15, -0.1) is 0 Å². The molecular weight excluding hydrogens is 697 g/mol. The van der Waals surface area contributed by atoms with Crippen molar-refractivity contribution in [1.82, 2.24) is 0 Å². The van der Waals surface area contributed by atoms with Crippen molar-refractivity contribution in [3.8, 4) is 0 Å². The first kappa shape index (κ1) is 53.6. The Balaban J connectivity index is 4.29. The predicted octanol–water partition coefficient (Wildman–Crippen LogP) is 15.4. The Kier molecular flexibility index (Phi) is 43.4. The van der Waals surface area contributed by atoms with Gasteiger partial charge in [-0.25, -0.2) is 0 Å². The van der Waals surface area contributed by atoms with Crippen molar-refractivity contribution >= 4 is 17.9 Å². The lowest BCUT2D eigenvalue weighted by molar-refractivity contribution is -0.167. The normalized spacial score (nSPS) is 12.3. The summed E-state index contributed by atoms with van der Waals surface area (Å²) >= 11 is 0. The molecule has 326 valence electrons. The van der Waals surface area contributed by atoms with E-state index in [-0.39, 0.29) is 37.5 Å².